The second kappa shape index (κ2) is 11.6. The topological polar surface area (TPSA) is 62.1 Å². The summed E-state index contributed by atoms with van der Waals surface area (Å²) in [7, 11) is 0. The van der Waals surface area contributed by atoms with Crippen LogP contribution in [0.5, 0.6) is 5.75 Å². The van der Waals surface area contributed by atoms with Crippen LogP contribution in [0.4, 0.5) is 28.9 Å². The number of carbonyl (C=O) groups excluding carboxylic acids is 1. The van der Waals surface area contributed by atoms with Crippen LogP contribution in [0.3, 0.4) is 0 Å². The Morgan fingerprint density at radius 2 is 1.85 bits per heavy atom. The highest BCUT2D eigenvalue weighted by Crippen LogP contribution is 2.29. The maximum absolute atomic E-state index is 15.1. The van der Waals surface area contributed by atoms with Crippen LogP contribution in [0.1, 0.15) is 28.7 Å². The number of benzene rings is 2. The van der Waals surface area contributed by atoms with E-state index in [9.17, 15) is 18.0 Å². The van der Waals surface area contributed by atoms with E-state index in [0.29, 0.717) is 47.9 Å². The van der Waals surface area contributed by atoms with Crippen LogP contribution >= 0.6 is 12.4 Å². The van der Waals surface area contributed by atoms with Gasteiger partial charge < -0.3 is 19.9 Å². The third kappa shape index (κ3) is 6.25. The summed E-state index contributed by atoms with van der Waals surface area (Å²) >= 11 is 0. The monoisotopic (exact) mass is 577 g/mol. The van der Waals surface area contributed by atoms with Crippen molar-refractivity contribution in [2.45, 2.75) is 32.8 Å². The average Bonchev–Trinajstić information content (AvgIpc) is 3.23. The number of aryl methyl sites for hydroxylation is 1. The molecule has 0 aliphatic carbocycles. The van der Waals surface area contributed by atoms with Crippen LogP contribution in [-0.4, -0.2) is 47.3 Å². The van der Waals surface area contributed by atoms with E-state index >= 15 is 4.39 Å². The SMILES string of the molecule is Cc1nc2ccccn2c1C(=O)NCc1ccc(N2CCN(c3ccc(OC(F)(F)F)cc3)[C@@H](C)C2)c(F)c1.Cl. The largest absolute Gasteiger partial charge is 0.573 e. The number of pyridine rings is 1. The molecular formula is C28H28ClF4N5O2. The lowest BCUT2D eigenvalue weighted by molar-refractivity contribution is -0.274. The number of anilines is 2. The number of aromatic nitrogens is 2. The number of amides is 1. The first-order valence-electron chi connectivity index (χ1n) is 12.5. The first kappa shape index (κ1) is 29.0. The maximum atomic E-state index is 15.1. The Labute approximate surface area is 234 Å². The van der Waals surface area contributed by atoms with Gasteiger partial charge in [-0.1, -0.05) is 12.1 Å². The van der Waals surface area contributed by atoms with Crippen molar-refractivity contribution in [2.24, 2.45) is 0 Å². The molecule has 1 saturated heterocycles. The van der Waals surface area contributed by atoms with Crippen LogP contribution in [-0.2, 0) is 6.54 Å². The van der Waals surface area contributed by atoms with Gasteiger partial charge in [-0.05, 0) is 67.9 Å². The van der Waals surface area contributed by atoms with Gasteiger partial charge in [0.2, 0.25) is 0 Å². The molecule has 0 spiro atoms. The summed E-state index contributed by atoms with van der Waals surface area (Å²) in [6.45, 7) is 5.54. The molecule has 0 bridgehead atoms. The maximum Gasteiger partial charge on any atom is 0.573 e. The molecule has 1 atom stereocenters. The van der Waals surface area contributed by atoms with E-state index in [1.165, 1.54) is 18.2 Å². The number of ether oxygens (including phenoxy) is 1. The predicted molar refractivity (Wildman–Crippen MR) is 147 cm³/mol. The molecule has 1 aliphatic heterocycles. The molecule has 0 radical (unpaired) electrons. The van der Waals surface area contributed by atoms with Crippen LogP contribution < -0.4 is 19.9 Å². The number of piperazine rings is 1. The zero-order valence-corrected chi connectivity index (χ0v) is 22.6. The minimum Gasteiger partial charge on any atom is -0.406 e. The summed E-state index contributed by atoms with van der Waals surface area (Å²) in [5, 5.41) is 2.85. The predicted octanol–water partition coefficient (Wildman–Crippen LogP) is 5.75. The molecule has 2 aromatic carbocycles. The molecule has 4 aromatic rings. The number of hydrogen-bond acceptors (Lipinski definition) is 5. The zero-order chi connectivity index (χ0) is 27.7. The second-order valence-electron chi connectivity index (χ2n) is 9.47. The van der Waals surface area contributed by atoms with E-state index < -0.39 is 6.36 Å². The molecule has 0 saturated carbocycles. The van der Waals surface area contributed by atoms with Crippen LogP contribution in [0.15, 0.2) is 66.9 Å². The van der Waals surface area contributed by atoms with Crippen LogP contribution in [0.25, 0.3) is 5.65 Å². The third-order valence-corrected chi connectivity index (χ3v) is 6.75. The Bertz CT molecular complexity index is 1490. The highest BCUT2D eigenvalue weighted by molar-refractivity contribution is 5.94. The van der Waals surface area contributed by atoms with Crippen molar-refractivity contribution in [2.75, 3.05) is 29.4 Å². The molecule has 0 unspecified atom stereocenters. The average molecular weight is 578 g/mol. The quantitative estimate of drug-likeness (QED) is 0.296. The standard InChI is InChI=1S/C28H27F4N5O2.ClH/c1-18-17-35(13-14-36(18)21-7-9-22(10-8-21)39-28(30,31)32)24-11-6-20(15-23(24)29)16-33-27(38)26-19(2)34-25-5-3-4-12-37(25)26;/h3-12,15,18H,13-14,16-17H2,1-2H3,(H,33,38);1H/t18-;/m0./s1. The fourth-order valence-electron chi connectivity index (χ4n) is 4.97. The van der Waals surface area contributed by atoms with E-state index in [1.54, 1.807) is 41.8 Å². The molecule has 5 rings (SSSR count). The van der Waals surface area contributed by atoms with E-state index in [2.05, 4.69) is 19.9 Å². The van der Waals surface area contributed by atoms with E-state index in [0.717, 1.165) is 5.69 Å². The third-order valence-electron chi connectivity index (χ3n) is 6.75. The number of alkyl halides is 3. The smallest absolute Gasteiger partial charge is 0.406 e. The lowest BCUT2D eigenvalue weighted by Crippen LogP contribution is -2.52. The lowest BCUT2D eigenvalue weighted by atomic mass is 10.1. The number of carbonyl (C=O) groups is 1. The summed E-state index contributed by atoms with van der Waals surface area (Å²) in [5.41, 5.74) is 3.59. The molecular weight excluding hydrogens is 550 g/mol. The number of fused-ring (bicyclic) bond motifs is 1. The van der Waals surface area contributed by atoms with Crippen molar-refractivity contribution in [3.63, 3.8) is 0 Å². The Morgan fingerprint density at radius 3 is 2.52 bits per heavy atom. The van der Waals surface area contributed by atoms with Crippen molar-refractivity contribution in [3.8, 4) is 5.75 Å². The van der Waals surface area contributed by atoms with Crippen LogP contribution in [0, 0.1) is 12.7 Å². The zero-order valence-electron chi connectivity index (χ0n) is 21.8. The molecule has 212 valence electrons. The molecule has 1 aliphatic rings. The molecule has 1 N–H and O–H groups in total. The molecule has 3 heterocycles. The van der Waals surface area contributed by atoms with Crippen molar-refractivity contribution in [1.82, 2.24) is 14.7 Å². The minimum atomic E-state index is -4.74. The fraction of sp³-hybridized carbons (Fsp3) is 0.286. The number of nitrogens with one attached hydrogen (secondary N) is 1. The Kier molecular flexibility index (Phi) is 8.43. The van der Waals surface area contributed by atoms with Gasteiger partial charge in [0.1, 0.15) is 22.9 Å². The highest BCUT2D eigenvalue weighted by Gasteiger charge is 2.31. The van der Waals surface area contributed by atoms with Gasteiger partial charge in [-0.2, -0.15) is 0 Å². The van der Waals surface area contributed by atoms with E-state index in [4.69, 9.17) is 0 Å². The number of imidazole rings is 1. The normalized spacial score (nSPS) is 15.6. The summed E-state index contributed by atoms with van der Waals surface area (Å²) in [4.78, 5) is 21.3. The van der Waals surface area contributed by atoms with Gasteiger partial charge in [-0.25, -0.2) is 9.37 Å². The first-order chi connectivity index (χ1) is 18.6. The Morgan fingerprint density at radius 1 is 1.10 bits per heavy atom. The first-order valence-corrected chi connectivity index (χ1v) is 12.5. The number of rotatable bonds is 6. The van der Waals surface area contributed by atoms with Gasteiger partial charge in [0.25, 0.3) is 5.91 Å². The highest BCUT2D eigenvalue weighted by atomic mass is 35.5. The lowest BCUT2D eigenvalue weighted by Gasteiger charge is -2.42. The van der Waals surface area contributed by atoms with Gasteiger partial charge in [-0.15, -0.1) is 25.6 Å². The fourth-order valence-corrected chi connectivity index (χ4v) is 4.97. The molecule has 1 fully saturated rings. The van der Waals surface area contributed by atoms with E-state index in [1.807, 2.05) is 30.0 Å². The van der Waals surface area contributed by atoms with Crippen LogP contribution in [0.2, 0.25) is 0 Å². The van der Waals surface area contributed by atoms with Gasteiger partial charge in [0, 0.05) is 44.1 Å². The second-order valence-corrected chi connectivity index (χ2v) is 9.47. The van der Waals surface area contributed by atoms with Crippen molar-refractivity contribution in [3.05, 3.63) is 89.6 Å². The van der Waals surface area contributed by atoms with Gasteiger partial charge in [0.15, 0.2) is 0 Å². The summed E-state index contributed by atoms with van der Waals surface area (Å²) in [6, 6.07) is 16.2. The van der Waals surface area contributed by atoms with Crippen molar-refractivity contribution >= 4 is 35.3 Å². The molecule has 12 heteroatoms. The van der Waals surface area contributed by atoms with Gasteiger partial charge in [0.05, 0.1) is 11.4 Å². The number of hydrogen-bond donors (Lipinski definition) is 1. The summed E-state index contributed by atoms with van der Waals surface area (Å²) < 4.78 is 58.1. The Balaban J connectivity index is 0.00000370. The van der Waals surface area contributed by atoms with Gasteiger partial charge >= 0.3 is 6.36 Å². The van der Waals surface area contributed by atoms with Crippen molar-refractivity contribution < 1.29 is 27.1 Å². The number of halogens is 5. The number of nitrogens with zero attached hydrogens (tertiary/aromatic N) is 4. The van der Waals surface area contributed by atoms with Crippen molar-refractivity contribution in [1.29, 1.82) is 0 Å². The molecule has 40 heavy (non-hydrogen) atoms. The molecule has 2 aromatic heterocycles. The van der Waals surface area contributed by atoms with Gasteiger partial charge in [-0.3, -0.25) is 9.20 Å². The summed E-state index contributed by atoms with van der Waals surface area (Å²) in [6.07, 6.45) is -2.96. The molecule has 1 amide bonds. The van der Waals surface area contributed by atoms with E-state index in [-0.39, 0.29) is 42.5 Å². The summed E-state index contributed by atoms with van der Waals surface area (Å²) in [5.74, 6) is -0.953. The Hall–Kier alpha value is -3.99. The minimum absolute atomic E-state index is 0. The molecule has 7 nitrogen and oxygen atoms in total.